The maximum Gasteiger partial charge on any atom is 0.258 e. The van der Waals surface area contributed by atoms with Gasteiger partial charge in [0.05, 0.1) is 30.7 Å². The van der Waals surface area contributed by atoms with Crippen molar-refractivity contribution in [2.24, 2.45) is 11.8 Å². The summed E-state index contributed by atoms with van der Waals surface area (Å²) in [5, 5.41) is 13.5. The second-order valence-electron chi connectivity index (χ2n) is 9.48. The molecule has 2 bridgehead atoms. The fraction of sp³-hybridized carbons (Fsp3) is 0.357. The molecule has 2 aliphatic rings. The summed E-state index contributed by atoms with van der Waals surface area (Å²) in [7, 11) is 3.57. The van der Waals surface area contributed by atoms with Gasteiger partial charge in [-0.15, -0.1) is 0 Å². The number of hydrogen-bond donors (Lipinski definition) is 2. The van der Waals surface area contributed by atoms with Gasteiger partial charge in [-0.25, -0.2) is 0 Å². The molecule has 1 aromatic heterocycles. The molecular formula is C28H31N3O4. The average molecular weight is 474 g/mol. The molecule has 35 heavy (non-hydrogen) atoms. The van der Waals surface area contributed by atoms with Crippen molar-refractivity contribution in [3.8, 4) is 16.9 Å². The van der Waals surface area contributed by atoms with Crippen LogP contribution in [0.1, 0.15) is 30.3 Å². The summed E-state index contributed by atoms with van der Waals surface area (Å²) >= 11 is 0. The minimum Gasteiger partial charge on any atom is -0.496 e. The first-order valence-electron chi connectivity index (χ1n) is 12.0. The molecule has 5 rings (SSSR count). The number of likely N-dealkylation sites (N-methyl/N-ethyl adjacent to an activating group) is 1. The van der Waals surface area contributed by atoms with Gasteiger partial charge in [0.15, 0.2) is 0 Å². The monoisotopic (exact) mass is 473 g/mol. The van der Waals surface area contributed by atoms with Gasteiger partial charge in [-0.2, -0.15) is 0 Å². The van der Waals surface area contributed by atoms with Gasteiger partial charge in [0.2, 0.25) is 5.91 Å². The molecule has 2 aliphatic heterocycles. The number of para-hydroxylation sites is 1. The number of carbonyl (C=O) groups excluding carboxylic acids is 1. The summed E-state index contributed by atoms with van der Waals surface area (Å²) in [6, 6.07) is 20.5. The molecule has 7 nitrogen and oxygen atoms in total. The molecule has 0 radical (unpaired) electrons. The van der Waals surface area contributed by atoms with E-state index in [1.165, 1.54) is 0 Å². The third kappa shape index (κ3) is 3.85. The van der Waals surface area contributed by atoms with Gasteiger partial charge < -0.3 is 19.7 Å². The number of aliphatic hydroxyl groups excluding tert-OH is 1. The molecule has 5 atom stereocenters. The van der Waals surface area contributed by atoms with Gasteiger partial charge in [-0.05, 0) is 37.7 Å². The average Bonchev–Trinajstić information content (AvgIpc) is 3.06. The summed E-state index contributed by atoms with van der Waals surface area (Å²) in [4.78, 5) is 29.4. The van der Waals surface area contributed by atoms with Crippen molar-refractivity contribution in [3.05, 3.63) is 88.3 Å². The molecular weight excluding hydrogens is 442 g/mol. The number of methoxy groups -OCH3 is 1. The van der Waals surface area contributed by atoms with Crippen LogP contribution in [-0.2, 0) is 11.3 Å². The number of fused-ring (bicyclic) bond motifs is 4. The van der Waals surface area contributed by atoms with Crippen LogP contribution in [-0.4, -0.2) is 47.3 Å². The molecule has 0 aliphatic carbocycles. The highest BCUT2D eigenvalue weighted by molar-refractivity contribution is 5.81. The lowest BCUT2D eigenvalue weighted by Crippen LogP contribution is -2.44. The van der Waals surface area contributed by atoms with Gasteiger partial charge in [0.1, 0.15) is 5.75 Å². The van der Waals surface area contributed by atoms with Gasteiger partial charge in [-0.3, -0.25) is 14.5 Å². The van der Waals surface area contributed by atoms with Crippen LogP contribution in [0.4, 0.5) is 0 Å². The van der Waals surface area contributed by atoms with Crippen molar-refractivity contribution in [1.82, 2.24) is 14.8 Å². The number of amides is 1. The van der Waals surface area contributed by atoms with E-state index in [0.29, 0.717) is 17.9 Å². The molecule has 7 heteroatoms. The Labute approximate surface area is 205 Å². The quantitative estimate of drug-likeness (QED) is 0.575. The molecule has 0 spiro atoms. The van der Waals surface area contributed by atoms with Crippen LogP contribution >= 0.6 is 0 Å². The van der Waals surface area contributed by atoms with Crippen molar-refractivity contribution in [2.45, 2.75) is 31.6 Å². The van der Waals surface area contributed by atoms with Gasteiger partial charge in [0.25, 0.3) is 5.56 Å². The smallest absolute Gasteiger partial charge is 0.258 e. The molecule has 2 aromatic carbocycles. The largest absolute Gasteiger partial charge is 0.496 e. The number of hydrogen-bond acceptors (Lipinski definition) is 5. The number of aromatic nitrogens is 1. The predicted molar refractivity (Wildman–Crippen MR) is 134 cm³/mol. The SMILES string of the molecule is COc1ccccc1-c1ccc2n(c1=O)C[C@H]1[C@H](CO)[C@@H](C(=O)N[C@H](C)c3ccccc3)[C@@H]2N1C. The Morgan fingerprint density at radius 1 is 1.09 bits per heavy atom. The van der Waals surface area contributed by atoms with Crippen LogP contribution in [0, 0.1) is 11.8 Å². The Morgan fingerprint density at radius 3 is 2.51 bits per heavy atom. The fourth-order valence-electron chi connectivity index (χ4n) is 5.90. The third-order valence-corrected chi connectivity index (χ3v) is 7.71. The summed E-state index contributed by atoms with van der Waals surface area (Å²) in [6.45, 7) is 2.27. The first-order chi connectivity index (χ1) is 17.0. The second kappa shape index (κ2) is 9.32. The lowest BCUT2D eigenvalue weighted by Gasteiger charge is -2.35. The summed E-state index contributed by atoms with van der Waals surface area (Å²) in [5.41, 5.74) is 3.02. The molecule has 2 N–H and O–H groups in total. The number of nitrogens with one attached hydrogen (secondary N) is 1. The van der Waals surface area contributed by atoms with Crippen LogP contribution in [0.15, 0.2) is 71.5 Å². The van der Waals surface area contributed by atoms with Crippen LogP contribution in [0.5, 0.6) is 5.75 Å². The van der Waals surface area contributed by atoms with Crippen LogP contribution < -0.4 is 15.6 Å². The van der Waals surface area contributed by atoms with E-state index < -0.39 is 5.92 Å². The van der Waals surface area contributed by atoms with E-state index in [4.69, 9.17) is 4.74 Å². The second-order valence-corrected chi connectivity index (χ2v) is 9.48. The third-order valence-electron chi connectivity index (χ3n) is 7.71. The Kier molecular flexibility index (Phi) is 6.21. The fourth-order valence-corrected chi connectivity index (χ4v) is 5.90. The minimum absolute atomic E-state index is 0.102. The summed E-state index contributed by atoms with van der Waals surface area (Å²) in [6.07, 6.45) is 0. The molecule has 182 valence electrons. The predicted octanol–water partition coefficient (Wildman–Crippen LogP) is 2.99. The number of nitrogens with zero attached hydrogens (tertiary/aromatic N) is 2. The first kappa shape index (κ1) is 23.3. The number of aliphatic hydroxyl groups is 1. The van der Waals surface area contributed by atoms with Crippen LogP contribution in [0.25, 0.3) is 11.1 Å². The standard InChI is InChI=1S/C28H31N3O4/c1-17(18-9-5-4-6-10-18)29-27(33)25-21(16-32)23-15-31-22(26(25)30(23)2)14-13-20(28(31)34)19-11-7-8-12-24(19)35-3/h4-14,17,21,23,25-26,32H,15-16H2,1-3H3,(H,29,33)/t17-,21+,23+,25-,26-/m1/s1. The molecule has 1 fully saturated rings. The van der Waals surface area contributed by atoms with Crippen molar-refractivity contribution < 1.29 is 14.6 Å². The highest BCUT2D eigenvalue weighted by Crippen LogP contribution is 2.47. The zero-order valence-corrected chi connectivity index (χ0v) is 20.2. The topological polar surface area (TPSA) is 83.8 Å². The van der Waals surface area contributed by atoms with Gasteiger partial charge in [0, 0.05) is 36.4 Å². The maximum absolute atomic E-state index is 13.7. The summed E-state index contributed by atoms with van der Waals surface area (Å²) in [5.74, 6) is -0.204. The minimum atomic E-state index is -0.466. The molecule has 1 amide bonds. The van der Waals surface area contributed by atoms with E-state index in [-0.39, 0.29) is 42.1 Å². The van der Waals surface area contributed by atoms with E-state index in [1.807, 2.05) is 80.7 Å². The zero-order chi connectivity index (χ0) is 24.7. The normalized spacial score (nSPS) is 24.0. The van der Waals surface area contributed by atoms with E-state index in [1.54, 1.807) is 11.7 Å². The van der Waals surface area contributed by atoms with Crippen molar-refractivity contribution in [1.29, 1.82) is 0 Å². The van der Waals surface area contributed by atoms with E-state index in [2.05, 4.69) is 10.2 Å². The number of benzene rings is 2. The first-order valence-corrected chi connectivity index (χ1v) is 12.0. The Balaban J connectivity index is 1.52. The molecule has 0 saturated carbocycles. The lowest BCUT2D eigenvalue weighted by atomic mass is 9.86. The zero-order valence-electron chi connectivity index (χ0n) is 20.2. The lowest BCUT2D eigenvalue weighted by molar-refractivity contribution is -0.128. The molecule has 1 saturated heterocycles. The molecule has 3 aromatic rings. The van der Waals surface area contributed by atoms with E-state index >= 15 is 0 Å². The van der Waals surface area contributed by atoms with E-state index in [9.17, 15) is 14.7 Å². The Morgan fingerprint density at radius 2 is 1.80 bits per heavy atom. The van der Waals surface area contributed by atoms with Gasteiger partial charge >= 0.3 is 0 Å². The number of ether oxygens (including phenoxy) is 1. The number of pyridine rings is 1. The van der Waals surface area contributed by atoms with Crippen molar-refractivity contribution >= 4 is 5.91 Å². The Bertz CT molecular complexity index is 1290. The highest BCUT2D eigenvalue weighted by atomic mass is 16.5. The highest BCUT2D eigenvalue weighted by Gasteiger charge is 2.54. The number of carbonyl (C=O) groups is 1. The molecule has 3 heterocycles. The summed E-state index contributed by atoms with van der Waals surface area (Å²) < 4.78 is 7.27. The van der Waals surface area contributed by atoms with E-state index in [0.717, 1.165) is 16.8 Å². The van der Waals surface area contributed by atoms with Gasteiger partial charge in [-0.1, -0.05) is 48.5 Å². The van der Waals surface area contributed by atoms with Crippen molar-refractivity contribution in [2.75, 3.05) is 20.8 Å². The Hall–Kier alpha value is -3.42. The van der Waals surface area contributed by atoms with Crippen LogP contribution in [0.2, 0.25) is 0 Å². The van der Waals surface area contributed by atoms with Crippen molar-refractivity contribution in [3.63, 3.8) is 0 Å². The number of rotatable bonds is 6. The maximum atomic E-state index is 13.7. The van der Waals surface area contributed by atoms with Crippen LogP contribution in [0.3, 0.4) is 0 Å². The molecule has 0 unspecified atom stereocenters.